The Kier molecular flexibility index (Phi) is 6.09. The first-order valence-electron chi connectivity index (χ1n) is 11.9. The largest absolute Gasteiger partial charge is 0.354 e. The molecule has 33 heavy (non-hydrogen) atoms. The lowest BCUT2D eigenvalue weighted by molar-refractivity contribution is 0.186. The molecule has 170 valence electrons. The van der Waals surface area contributed by atoms with Crippen molar-refractivity contribution in [2.75, 3.05) is 31.1 Å². The van der Waals surface area contributed by atoms with Gasteiger partial charge in [0.2, 0.25) is 0 Å². The predicted molar refractivity (Wildman–Crippen MR) is 135 cm³/mol. The lowest BCUT2D eigenvalue weighted by Crippen LogP contribution is -2.49. The highest BCUT2D eigenvalue weighted by Gasteiger charge is 2.22. The van der Waals surface area contributed by atoms with Crippen molar-refractivity contribution in [3.63, 3.8) is 0 Å². The number of hydrogen-bond acceptors (Lipinski definition) is 5. The fourth-order valence-corrected chi connectivity index (χ4v) is 4.85. The van der Waals surface area contributed by atoms with E-state index in [2.05, 4.69) is 47.1 Å². The molecule has 6 nitrogen and oxygen atoms in total. The summed E-state index contributed by atoms with van der Waals surface area (Å²) in [4.78, 5) is 27.2. The van der Waals surface area contributed by atoms with E-state index < -0.39 is 0 Å². The van der Waals surface area contributed by atoms with E-state index in [4.69, 9.17) is 9.97 Å². The number of anilines is 1. The first kappa shape index (κ1) is 21.6. The Morgan fingerprint density at radius 3 is 2.42 bits per heavy atom. The fourth-order valence-electron chi connectivity index (χ4n) is 4.85. The van der Waals surface area contributed by atoms with Gasteiger partial charge in [-0.3, -0.25) is 14.3 Å². The van der Waals surface area contributed by atoms with E-state index in [1.54, 1.807) is 4.57 Å². The van der Waals surface area contributed by atoms with Crippen LogP contribution in [0, 0.1) is 0 Å². The lowest BCUT2D eigenvalue weighted by Gasteiger charge is -2.38. The second-order valence-corrected chi connectivity index (χ2v) is 9.04. The molecule has 1 aliphatic heterocycles. The van der Waals surface area contributed by atoms with Crippen LogP contribution in [0.4, 0.5) is 5.82 Å². The summed E-state index contributed by atoms with van der Waals surface area (Å²) in [5.41, 5.74) is 1.90. The number of pyridine rings is 1. The fraction of sp³-hybridized carbons (Fsp3) is 0.370. The molecule has 0 spiro atoms. The Balaban J connectivity index is 1.16. The van der Waals surface area contributed by atoms with Crippen molar-refractivity contribution in [3.05, 3.63) is 76.8 Å². The highest BCUT2D eigenvalue weighted by Crippen LogP contribution is 2.20. The van der Waals surface area contributed by atoms with E-state index in [-0.39, 0.29) is 5.56 Å². The molecule has 0 saturated carbocycles. The first-order valence-corrected chi connectivity index (χ1v) is 11.9. The third-order valence-electron chi connectivity index (χ3n) is 6.94. The molecule has 2 aromatic carbocycles. The molecule has 6 heteroatoms. The van der Waals surface area contributed by atoms with Crippen molar-refractivity contribution in [1.82, 2.24) is 19.4 Å². The highest BCUT2D eigenvalue weighted by molar-refractivity contribution is 5.80. The molecule has 0 radical (unpaired) electrons. The predicted octanol–water partition coefficient (Wildman–Crippen LogP) is 4.02. The van der Waals surface area contributed by atoms with Gasteiger partial charge in [-0.1, -0.05) is 30.3 Å². The zero-order valence-electron chi connectivity index (χ0n) is 19.4. The number of fused-ring (bicyclic) bond motifs is 2. The average Bonchev–Trinajstić information content (AvgIpc) is 2.86. The molecule has 2 aromatic heterocycles. The van der Waals surface area contributed by atoms with Gasteiger partial charge in [-0.05, 0) is 50.1 Å². The topological polar surface area (TPSA) is 54.3 Å². The Bertz CT molecular complexity index is 1320. The first-order chi connectivity index (χ1) is 16.1. The number of benzene rings is 2. The standard InChI is InChI=1S/C27H31N5O/c1-20(8-7-13-25-29-24-12-6-4-10-22(24)27(33)30(25)2)31-16-18-32(19-17-31)26-15-14-21-9-3-5-11-23(21)28-26/h3-6,9-12,14-15,20H,7-8,13,16-19H2,1-2H3. The van der Waals surface area contributed by atoms with Crippen LogP contribution in [0.1, 0.15) is 25.6 Å². The molecule has 1 atom stereocenters. The van der Waals surface area contributed by atoms with Crippen LogP contribution in [0.25, 0.3) is 21.8 Å². The Morgan fingerprint density at radius 1 is 0.879 bits per heavy atom. The molecule has 1 aliphatic rings. The van der Waals surface area contributed by atoms with E-state index in [0.29, 0.717) is 11.4 Å². The lowest BCUT2D eigenvalue weighted by atomic mass is 10.1. The molecule has 1 unspecified atom stereocenters. The van der Waals surface area contributed by atoms with Crippen LogP contribution >= 0.6 is 0 Å². The molecule has 0 amide bonds. The number of rotatable bonds is 6. The van der Waals surface area contributed by atoms with Gasteiger partial charge in [0.15, 0.2) is 0 Å². The van der Waals surface area contributed by atoms with E-state index in [1.165, 1.54) is 5.39 Å². The monoisotopic (exact) mass is 441 g/mol. The van der Waals surface area contributed by atoms with Crippen LogP contribution in [-0.2, 0) is 13.5 Å². The van der Waals surface area contributed by atoms with Crippen molar-refractivity contribution in [2.24, 2.45) is 7.05 Å². The Morgan fingerprint density at radius 2 is 1.61 bits per heavy atom. The van der Waals surface area contributed by atoms with Crippen LogP contribution in [-0.4, -0.2) is 51.7 Å². The second kappa shape index (κ2) is 9.32. The van der Waals surface area contributed by atoms with Gasteiger partial charge in [0.1, 0.15) is 11.6 Å². The molecule has 1 saturated heterocycles. The summed E-state index contributed by atoms with van der Waals surface area (Å²) in [5.74, 6) is 1.95. The van der Waals surface area contributed by atoms with Crippen molar-refractivity contribution in [3.8, 4) is 0 Å². The van der Waals surface area contributed by atoms with Gasteiger partial charge in [0.05, 0.1) is 16.4 Å². The van der Waals surface area contributed by atoms with Gasteiger partial charge < -0.3 is 4.90 Å². The number of aromatic nitrogens is 3. The molecular weight excluding hydrogens is 410 g/mol. The van der Waals surface area contributed by atoms with Crippen molar-refractivity contribution in [1.29, 1.82) is 0 Å². The normalized spacial score (nSPS) is 15.9. The van der Waals surface area contributed by atoms with Gasteiger partial charge in [-0.2, -0.15) is 0 Å². The van der Waals surface area contributed by atoms with Crippen LogP contribution in [0.15, 0.2) is 65.5 Å². The van der Waals surface area contributed by atoms with Crippen LogP contribution < -0.4 is 10.5 Å². The molecule has 1 fully saturated rings. The number of nitrogens with zero attached hydrogens (tertiary/aromatic N) is 5. The molecule has 3 heterocycles. The SMILES string of the molecule is CC(CCCc1nc2ccccc2c(=O)n1C)N1CCN(c2ccc3ccccc3n2)CC1. The summed E-state index contributed by atoms with van der Waals surface area (Å²) in [7, 11) is 1.83. The van der Waals surface area contributed by atoms with Gasteiger partial charge in [0, 0.05) is 51.1 Å². The van der Waals surface area contributed by atoms with Crippen LogP contribution in [0.2, 0.25) is 0 Å². The third-order valence-corrected chi connectivity index (χ3v) is 6.94. The third kappa shape index (κ3) is 4.48. The zero-order valence-corrected chi connectivity index (χ0v) is 19.4. The smallest absolute Gasteiger partial charge is 0.261 e. The maximum absolute atomic E-state index is 12.6. The van der Waals surface area contributed by atoms with E-state index in [1.807, 2.05) is 37.4 Å². The summed E-state index contributed by atoms with van der Waals surface area (Å²) < 4.78 is 1.71. The maximum atomic E-state index is 12.6. The van der Waals surface area contributed by atoms with Crippen molar-refractivity contribution in [2.45, 2.75) is 32.2 Å². The minimum Gasteiger partial charge on any atom is -0.354 e. The summed E-state index contributed by atoms with van der Waals surface area (Å²) in [5, 5.41) is 1.88. The summed E-state index contributed by atoms with van der Waals surface area (Å²) >= 11 is 0. The number of hydrogen-bond donors (Lipinski definition) is 0. The summed E-state index contributed by atoms with van der Waals surface area (Å²) in [6, 6.07) is 20.7. The Labute approximate surface area is 194 Å². The average molecular weight is 442 g/mol. The van der Waals surface area contributed by atoms with Gasteiger partial charge in [-0.15, -0.1) is 0 Å². The summed E-state index contributed by atoms with van der Waals surface area (Å²) in [6.45, 7) is 6.40. The zero-order chi connectivity index (χ0) is 22.8. The van der Waals surface area contributed by atoms with E-state index in [0.717, 1.165) is 68.1 Å². The maximum Gasteiger partial charge on any atom is 0.261 e. The minimum absolute atomic E-state index is 0.0436. The van der Waals surface area contributed by atoms with Crippen LogP contribution in [0.3, 0.4) is 0 Å². The molecular formula is C27H31N5O. The Hall–Kier alpha value is -3.25. The second-order valence-electron chi connectivity index (χ2n) is 9.04. The quantitative estimate of drug-likeness (QED) is 0.452. The molecule has 5 rings (SSSR count). The molecule has 4 aromatic rings. The van der Waals surface area contributed by atoms with Gasteiger partial charge in [0.25, 0.3) is 5.56 Å². The number of aryl methyl sites for hydroxylation is 1. The molecule has 0 bridgehead atoms. The molecule has 0 aliphatic carbocycles. The summed E-state index contributed by atoms with van der Waals surface area (Å²) in [6.07, 6.45) is 2.94. The van der Waals surface area contributed by atoms with Gasteiger partial charge in [-0.25, -0.2) is 9.97 Å². The number of para-hydroxylation sites is 2. The van der Waals surface area contributed by atoms with Gasteiger partial charge >= 0.3 is 0 Å². The van der Waals surface area contributed by atoms with Crippen molar-refractivity contribution >= 4 is 27.6 Å². The van der Waals surface area contributed by atoms with E-state index >= 15 is 0 Å². The molecule has 0 N–H and O–H groups in total. The highest BCUT2D eigenvalue weighted by atomic mass is 16.1. The van der Waals surface area contributed by atoms with E-state index in [9.17, 15) is 4.79 Å². The minimum atomic E-state index is 0.0436. The van der Waals surface area contributed by atoms with Crippen LogP contribution in [0.5, 0.6) is 0 Å². The van der Waals surface area contributed by atoms with Crippen molar-refractivity contribution < 1.29 is 0 Å². The number of piperazine rings is 1.